The smallest absolute Gasteiger partial charge is 0.336 e. The molecule has 0 heterocycles. The zero-order valence-electron chi connectivity index (χ0n) is 16.0. The SMILES string of the molecule is O=C(O)c1ccc(Sc2ccc(Sc3ccc(C(=O)O)c(C(=O)O)c3)cc2)cc1C(=O)O. The molecular formula is C22H14O8S2. The molecule has 4 N–H and O–H groups in total. The number of benzene rings is 3. The van der Waals surface area contributed by atoms with Crippen LogP contribution in [0.1, 0.15) is 41.4 Å². The Morgan fingerprint density at radius 1 is 0.438 bits per heavy atom. The van der Waals surface area contributed by atoms with Gasteiger partial charge in [0.05, 0.1) is 22.3 Å². The third kappa shape index (κ3) is 5.29. The second kappa shape index (κ2) is 9.58. The summed E-state index contributed by atoms with van der Waals surface area (Å²) in [6.07, 6.45) is 0. The summed E-state index contributed by atoms with van der Waals surface area (Å²) in [4.78, 5) is 47.7. The van der Waals surface area contributed by atoms with Crippen molar-refractivity contribution in [3.8, 4) is 0 Å². The van der Waals surface area contributed by atoms with Crippen LogP contribution in [0, 0.1) is 0 Å². The fourth-order valence-corrected chi connectivity index (χ4v) is 4.46. The van der Waals surface area contributed by atoms with Gasteiger partial charge in [-0.1, -0.05) is 23.5 Å². The first-order valence-corrected chi connectivity index (χ1v) is 10.5. The molecule has 162 valence electrons. The fraction of sp³-hybridized carbons (Fsp3) is 0. The number of carbonyl (C=O) groups is 4. The molecule has 0 aliphatic heterocycles. The molecule has 0 unspecified atom stereocenters. The molecule has 0 bridgehead atoms. The van der Waals surface area contributed by atoms with Crippen molar-refractivity contribution >= 4 is 47.4 Å². The molecule has 0 atom stereocenters. The molecule has 8 nitrogen and oxygen atoms in total. The molecule has 3 aromatic carbocycles. The van der Waals surface area contributed by atoms with E-state index in [1.807, 2.05) is 0 Å². The Morgan fingerprint density at radius 2 is 0.719 bits per heavy atom. The van der Waals surface area contributed by atoms with Crippen LogP contribution < -0.4 is 0 Å². The lowest BCUT2D eigenvalue weighted by Gasteiger charge is -2.08. The van der Waals surface area contributed by atoms with Crippen molar-refractivity contribution in [1.29, 1.82) is 0 Å². The molecule has 0 amide bonds. The van der Waals surface area contributed by atoms with Crippen molar-refractivity contribution in [1.82, 2.24) is 0 Å². The van der Waals surface area contributed by atoms with Crippen LogP contribution in [0.2, 0.25) is 0 Å². The minimum atomic E-state index is -1.33. The minimum absolute atomic E-state index is 0.289. The largest absolute Gasteiger partial charge is 0.478 e. The molecule has 0 aliphatic carbocycles. The van der Waals surface area contributed by atoms with E-state index >= 15 is 0 Å². The zero-order chi connectivity index (χ0) is 23.4. The van der Waals surface area contributed by atoms with Gasteiger partial charge in [-0.15, -0.1) is 0 Å². The number of hydrogen-bond donors (Lipinski definition) is 4. The van der Waals surface area contributed by atoms with E-state index in [2.05, 4.69) is 0 Å². The number of carboxylic acids is 4. The molecular weight excluding hydrogens is 456 g/mol. The van der Waals surface area contributed by atoms with Crippen molar-refractivity contribution in [2.75, 3.05) is 0 Å². The Bertz CT molecular complexity index is 1140. The normalized spacial score (nSPS) is 10.5. The van der Waals surface area contributed by atoms with Crippen LogP contribution in [-0.4, -0.2) is 44.3 Å². The molecule has 3 aromatic rings. The Hall–Kier alpha value is -3.76. The van der Waals surface area contributed by atoms with E-state index < -0.39 is 23.9 Å². The van der Waals surface area contributed by atoms with Gasteiger partial charge in [0.2, 0.25) is 0 Å². The van der Waals surface area contributed by atoms with Gasteiger partial charge >= 0.3 is 23.9 Å². The number of aromatic carboxylic acids is 4. The third-order valence-electron chi connectivity index (χ3n) is 4.20. The van der Waals surface area contributed by atoms with Crippen LogP contribution in [0.5, 0.6) is 0 Å². The fourth-order valence-electron chi connectivity index (χ4n) is 2.75. The average Bonchev–Trinajstić information content (AvgIpc) is 2.74. The van der Waals surface area contributed by atoms with Crippen LogP contribution in [-0.2, 0) is 0 Å². The average molecular weight is 470 g/mol. The lowest BCUT2D eigenvalue weighted by molar-refractivity contribution is 0.0651. The molecule has 3 rings (SSSR count). The summed E-state index contributed by atoms with van der Waals surface area (Å²) in [6.45, 7) is 0. The van der Waals surface area contributed by atoms with Crippen molar-refractivity contribution < 1.29 is 39.6 Å². The van der Waals surface area contributed by atoms with E-state index in [1.54, 1.807) is 24.3 Å². The second-order valence-corrected chi connectivity index (χ2v) is 8.60. The molecule has 0 aliphatic rings. The van der Waals surface area contributed by atoms with E-state index in [4.69, 9.17) is 10.2 Å². The lowest BCUT2D eigenvalue weighted by Crippen LogP contribution is -2.07. The van der Waals surface area contributed by atoms with Gasteiger partial charge in [0.1, 0.15) is 0 Å². The van der Waals surface area contributed by atoms with Crippen LogP contribution in [0.25, 0.3) is 0 Å². The Labute approximate surface area is 189 Å². The van der Waals surface area contributed by atoms with E-state index in [0.717, 1.165) is 9.79 Å². The Kier molecular flexibility index (Phi) is 6.86. The maximum absolute atomic E-state index is 11.3. The lowest BCUT2D eigenvalue weighted by atomic mass is 10.1. The predicted molar refractivity (Wildman–Crippen MR) is 115 cm³/mol. The molecule has 32 heavy (non-hydrogen) atoms. The first-order chi connectivity index (χ1) is 15.2. The maximum atomic E-state index is 11.3. The van der Waals surface area contributed by atoms with Gasteiger partial charge in [-0.3, -0.25) is 0 Å². The summed E-state index contributed by atoms with van der Waals surface area (Å²) in [5.74, 6) is -5.29. The Morgan fingerprint density at radius 3 is 1.00 bits per heavy atom. The maximum Gasteiger partial charge on any atom is 0.336 e. The van der Waals surface area contributed by atoms with Crippen molar-refractivity contribution in [2.24, 2.45) is 0 Å². The molecule has 0 saturated heterocycles. The highest BCUT2D eigenvalue weighted by atomic mass is 32.2. The van der Waals surface area contributed by atoms with E-state index in [1.165, 1.54) is 59.9 Å². The van der Waals surface area contributed by atoms with Crippen molar-refractivity contribution in [3.63, 3.8) is 0 Å². The highest BCUT2D eigenvalue weighted by Gasteiger charge is 2.18. The summed E-state index contributed by atoms with van der Waals surface area (Å²) in [5, 5.41) is 36.7. The third-order valence-corrected chi connectivity index (χ3v) is 6.19. The summed E-state index contributed by atoms with van der Waals surface area (Å²) < 4.78 is 0. The Balaban J connectivity index is 1.78. The molecule has 10 heteroatoms. The minimum Gasteiger partial charge on any atom is -0.478 e. The molecule has 0 aromatic heterocycles. The van der Waals surface area contributed by atoms with Crippen LogP contribution in [0.4, 0.5) is 0 Å². The quantitative estimate of drug-likeness (QED) is 0.362. The van der Waals surface area contributed by atoms with Gasteiger partial charge in [0.15, 0.2) is 0 Å². The van der Waals surface area contributed by atoms with Gasteiger partial charge < -0.3 is 20.4 Å². The molecule has 0 radical (unpaired) electrons. The first kappa shape index (κ1) is 22.9. The molecule has 0 fully saturated rings. The van der Waals surface area contributed by atoms with E-state index in [0.29, 0.717) is 9.79 Å². The molecule has 0 saturated carbocycles. The zero-order valence-corrected chi connectivity index (χ0v) is 17.6. The highest BCUT2D eigenvalue weighted by Crippen LogP contribution is 2.34. The number of carboxylic acid groups (broad SMARTS) is 4. The van der Waals surface area contributed by atoms with Crippen molar-refractivity contribution in [2.45, 2.75) is 19.6 Å². The van der Waals surface area contributed by atoms with Crippen LogP contribution in [0.3, 0.4) is 0 Å². The van der Waals surface area contributed by atoms with Crippen molar-refractivity contribution in [3.05, 3.63) is 82.9 Å². The second-order valence-electron chi connectivity index (χ2n) is 6.31. The standard InChI is InChI=1S/C22H14O8S2/c23-19(24)15-7-5-13(9-17(15)21(27)28)31-11-1-2-12(4-3-11)32-14-6-8-16(20(25)26)18(10-14)22(29)30/h1-10H,(H,23,24)(H,25,26)(H,27,28)(H,29,30). The summed E-state index contributed by atoms with van der Waals surface area (Å²) >= 11 is 2.52. The first-order valence-electron chi connectivity index (χ1n) is 8.82. The van der Waals surface area contributed by atoms with E-state index in [9.17, 15) is 29.4 Å². The van der Waals surface area contributed by atoms with E-state index in [-0.39, 0.29) is 22.3 Å². The number of rotatable bonds is 8. The van der Waals surface area contributed by atoms with Gasteiger partial charge in [0, 0.05) is 19.6 Å². The van der Waals surface area contributed by atoms with Crippen LogP contribution >= 0.6 is 23.5 Å². The molecule has 0 spiro atoms. The van der Waals surface area contributed by atoms with Gasteiger partial charge in [-0.25, -0.2) is 19.2 Å². The van der Waals surface area contributed by atoms with Gasteiger partial charge in [-0.2, -0.15) is 0 Å². The summed E-state index contributed by atoms with van der Waals surface area (Å²) in [6, 6.07) is 15.3. The topological polar surface area (TPSA) is 149 Å². The number of hydrogen-bond acceptors (Lipinski definition) is 6. The summed E-state index contributed by atoms with van der Waals surface area (Å²) in [5.41, 5.74) is -1.17. The van der Waals surface area contributed by atoms with Crippen LogP contribution in [0.15, 0.2) is 80.2 Å². The monoisotopic (exact) mass is 470 g/mol. The van der Waals surface area contributed by atoms with Gasteiger partial charge in [0.25, 0.3) is 0 Å². The highest BCUT2D eigenvalue weighted by molar-refractivity contribution is 7.99. The predicted octanol–water partition coefficient (Wildman–Crippen LogP) is 4.78. The van der Waals surface area contributed by atoms with Gasteiger partial charge in [-0.05, 0) is 60.7 Å². The summed E-state index contributed by atoms with van der Waals surface area (Å²) in [7, 11) is 0.